The van der Waals surface area contributed by atoms with E-state index in [2.05, 4.69) is 5.32 Å². The van der Waals surface area contributed by atoms with Crippen LogP contribution in [0.2, 0.25) is 0 Å². The van der Waals surface area contributed by atoms with Crippen LogP contribution < -0.4 is 11.1 Å². The number of nitrogens with one attached hydrogen (secondary N) is 1. The van der Waals surface area contributed by atoms with Gasteiger partial charge in [-0.1, -0.05) is 0 Å². The van der Waals surface area contributed by atoms with Crippen molar-refractivity contribution in [1.82, 2.24) is 0 Å². The van der Waals surface area contributed by atoms with Crippen LogP contribution in [0.25, 0.3) is 0 Å². The molecule has 94 valence electrons. The predicted octanol–water partition coefficient (Wildman–Crippen LogP) is 0.964. The van der Waals surface area contributed by atoms with Gasteiger partial charge in [0.2, 0.25) is 5.91 Å². The van der Waals surface area contributed by atoms with E-state index in [0.29, 0.717) is 0 Å². The van der Waals surface area contributed by atoms with Crippen LogP contribution in [-0.4, -0.2) is 23.7 Å². The summed E-state index contributed by atoms with van der Waals surface area (Å²) in [6.45, 7) is -0.535. The Morgan fingerprint density at radius 1 is 1.35 bits per heavy atom. The number of rotatable bonds is 3. The quantitative estimate of drug-likeness (QED) is 0.745. The summed E-state index contributed by atoms with van der Waals surface area (Å²) in [6.07, 6.45) is -4.41. The van der Waals surface area contributed by atoms with Gasteiger partial charge in [0.15, 0.2) is 0 Å². The molecule has 1 unspecified atom stereocenters. The number of aliphatic hydroxyl groups is 1. The molecule has 0 aliphatic carbocycles. The lowest BCUT2D eigenvalue weighted by atomic mass is 10.2. The fourth-order valence-corrected chi connectivity index (χ4v) is 1.06. The Morgan fingerprint density at radius 3 is 2.29 bits per heavy atom. The zero-order valence-electron chi connectivity index (χ0n) is 8.66. The van der Waals surface area contributed by atoms with Gasteiger partial charge in [0.25, 0.3) is 0 Å². The molecule has 1 aromatic carbocycles. The molecule has 1 amide bonds. The van der Waals surface area contributed by atoms with E-state index in [-0.39, 0.29) is 5.69 Å². The maximum atomic E-state index is 12.2. The lowest BCUT2D eigenvalue weighted by Crippen LogP contribution is -2.38. The van der Waals surface area contributed by atoms with Gasteiger partial charge in [-0.15, -0.1) is 0 Å². The van der Waals surface area contributed by atoms with Gasteiger partial charge < -0.3 is 16.2 Å². The number of nitrogens with two attached hydrogens (primary N) is 1. The maximum absolute atomic E-state index is 12.2. The molecule has 17 heavy (non-hydrogen) atoms. The van der Waals surface area contributed by atoms with Crippen LogP contribution in [0.5, 0.6) is 0 Å². The zero-order chi connectivity index (χ0) is 13.1. The fourth-order valence-electron chi connectivity index (χ4n) is 1.06. The van der Waals surface area contributed by atoms with E-state index in [1.165, 1.54) is 0 Å². The van der Waals surface area contributed by atoms with E-state index in [1.54, 1.807) is 0 Å². The molecular formula is C10H11F3N2O2. The molecule has 0 aliphatic heterocycles. The van der Waals surface area contributed by atoms with Crippen molar-refractivity contribution in [1.29, 1.82) is 0 Å². The number of benzene rings is 1. The van der Waals surface area contributed by atoms with Crippen molar-refractivity contribution in [2.45, 2.75) is 12.2 Å². The molecule has 0 spiro atoms. The Morgan fingerprint density at radius 2 is 1.88 bits per heavy atom. The van der Waals surface area contributed by atoms with E-state index in [9.17, 15) is 18.0 Å². The summed E-state index contributed by atoms with van der Waals surface area (Å²) >= 11 is 0. The first-order chi connectivity index (χ1) is 7.84. The largest absolute Gasteiger partial charge is 0.416 e. The molecule has 7 heteroatoms. The third-order valence-corrected chi connectivity index (χ3v) is 2.01. The fraction of sp³-hybridized carbons (Fsp3) is 0.300. The lowest BCUT2D eigenvalue weighted by molar-refractivity contribution is -0.137. The first-order valence-corrected chi connectivity index (χ1v) is 4.69. The number of hydrogen-bond acceptors (Lipinski definition) is 3. The molecule has 1 rings (SSSR count). The van der Waals surface area contributed by atoms with Gasteiger partial charge in [-0.3, -0.25) is 4.79 Å². The minimum Gasteiger partial charge on any atom is -0.394 e. The molecule has 0 heterocycles. The highest BCUT2D eigenvalue weighted by atomic mass is 19.4. The second-order valence-corrected chi connectivity index (χ2v) is 3.35. The maximum Gasteiger partial charge on any atom is 0.416 e. The molecule has 4 nitrogen and oxygen atoms in total. The van der Waals surface area contributed by atoms with E-state index in [1.807, 2.05) is 0 Å². The molecule has 0 fully saturated rings. The predicted molar refractivity (Wildman–Crippen MR) is 55.1 cm³/mol. The zero-order valence-corrected chi connectivity index (χ0v) is 8.66. The number of aliphatic hydroxyl groups excluding tert-OH is 1. The van der Waals surface area contributed by atoms with Crippen LogP contribution in [0.3, 0.4) is 0 Å². The Hall–Kier alpha value is -1.60. The van der Waals surface area contributed by atoms with Gasteiger partial charge in [0, 0.05) is 5.69 Å². The monoisotopic (exact) mass is 248 g/mol. The summed E-state index contributed by atoms with van der Waals surface area (Å²) in [5.74, 6) is -0.660. The number of carbonyl (C=O) groups excluding carboxylic acids is 1. The molecule has 0 saturated carbocycles. The van der Waals surface area contributed by atoms with E-state index in [0.717, 1.165) is 24.3 Å². The summed E-state index contributed by atoms with van der Waals surface area (Å²) in [4.78, 5) is 11.2. The second-order valence-electron chi connectivity index (χ2n) is 3.35. The number of amides is 1. The molecule has 0 aromatic heterocycles. The van der Waals surface area contributed by atoms with Crippen LogP contribution >= 0.6 is 0 Å². The standard InChI is InChI=1S/C10H11F3N2O2/c11-10(12,13)6-1-3-7(4-2-6)15-9(17)8(14)5-16/h1-4,8,16H,5,14H2,(H,15,17). The number of hydrogen-bond donors (Lipinski definition) is 3. The summed E-state index contributed by atoms with van der Waals surface area (Å²) in [6, 6.07) is 2.83. The molecule has 0 saturated heterocycles. The van der Waals surface area contributed by atoms with Crippen molar-refractivity contribution in [3.05, 3.63) is 29.8 Å². The van der Waals surface area contributed by atoms with Crippen molar-refractivity contribution in [2.75, 3.05) is 11.9 Å². The average molecular weight is 248 g/mol. The highest BCUT2D eigenvalue weighted by Gasteiger charge is 2.30. The third-order valence-electron chi connectivity index (χ3n) is 2.01. The van der Waals surface area contributed by atoms with Gasteiger partial charge in [0.1, 0.15) is 6.04 Å². The van der Waals surface area contributed by atoms with Crippen molar-refractivity contribution >= 4 is 11.6 Å². The SMILES string of the molecule is NC(CO)C(=O)Nc1ccc(C(F)(F)F)cc1. The third kappa shape index (κ3) is 3.72. The van der Waals surface area contributed by atoms with Crippen LogP contribution in [0.15, 0.2) is 24.3 Å². The number of carbonyl (C=O) groups is 1. The van der Waals surface area contributed by atoms with E-state index >= 15 is 0 Å². The first-order valence-electron chi connectivity index (χ1n) is 4.69. The highest BCUT2D eigenvalue weighted by molar-refractivity contribution is 5.94. The van der Waals surface area contributed by atoms with Gasteiger partial charge >= 0.3 is 6.18 Å². The number of alkyl halides is 3. The molecule has 1 aromatic rings. The summed E-state index contributed by atoms with van der Waals surface area (Å²) in [5.41, 5.74) is 4.60. The summed E-state index contributed by atoms with van der Waals surface area (Å²) in [5, 5.41) is 10.9. The minimum absolute atomic E-state index is 0.187. The number of halogens is 3. The van der Waals surface area contributed by atoms with E-state index < -0.39 is 30.3 Å². The van der Waals surface area contributed by atoms with Crippen molar-refractivity contribution < 1.29 is 23.1 Å². The van der Waals surface area contributed by atoms with Crippen LogP contribution in [0.1, 0.15) is 5.56 Å². The van der Waals surface area contributed by atoms with Gasteiger partial charge in [-0.25, -0.2) is 0 Å². The first kappa shape index (κ1) is 13.5. The number of anilines is 1. The van der Waals surface area contributed by atoms with Crippen LogP contribution in [0.4, 0.5) is 18.9 Å². The van der Waals surface area contributed by atoms with Gasteiger partial charge in [0.05, 0.1) is 12.2 Å². The van der Waals surface area contributed by atoms with Crippen molar-refractivity contribution in [3.8, 4) is 0 Å². The van der Waals surface area contributed by atoms with Gasteiger partial charge in [-0.05, 0) is 24.3 Å². The summed E-state index contributed by atoms with van der Waals surface area (Å²) < 4.78 is 36.7. The van der Waals surface area contributed by atoms with Crippen molar-refractivity contribution in [3.63, 3.8) is 0 Å². The normalized spacial score (nSPS) is 13.2. The molecule has 0 radical (unpaired) electrons. The Labute approximate surface area is 95.2 Å². The minimum atomic E-state index is -4.41. The van der Waals surface area contributed by atoms with Gasteiger partial charge in [-0.2, -0.15) is 13.2 Å². The molecule has 0 aliphatic rings. The second kappa shape index (κ2) is 5.15. The van der Waals surface area contributed by atoms with Crippen LogP contribution in [-0.2, 0) is 11.0 Å². The topological polar surface area (TPSA) is 75.3 Å². The Balaban J connectivity index is 2.73. The van der Waals surface area contributed by atoms with Crippen molar-refractivity contribution in [2.24, 2.45) is 5.73 Å². The van der Waals surface area contributed by atoms with E-state index in [4.69, 9.17) is 10.8 Å². The average Bonchev–Trinajstić information content (AvgIpc) is 2.27. The smallest absolute Gasteiger partial charge is 0.394 e. The molecule has 0 bridgehead atoms. The molecule has 4 N–H and O–H groups in total. The lowest BCUT2D eigenvalue weighted by Gasteiger charge is -2.11. The Bertz CT molecular complexity index is 390. The highest BCUT2D eigenvalue weighted by Crippen LogP contribution is 2.29. The summed E-state index contributed by atoms with van der Waals surface area (Å²) in [7, 11) is 0. The molecular weight excluding hydrogens is 237 g/mol. The molecule has 1 atom stereocenters. The van der Waals surface area contributed by atoms with Crippen LogP contribution in [0, 0.1) is 0 Å². The Kier molecular flexibility index (Phi) is 4.08.